The van der Waals surface area contributed by atoms with Crippen molar-refractivity contribution in [3.63, 3.8) is 0 Å². The molecule has 0 saturated carbocycles. The molecule has 15 heteroatoms. The molecule has 1 atom stereocenters. The van der Waals surface area contributed by atoms with Crippen molar-refractivity contribution in [1.82, 2.24) is 25.1 Å². The molecule has 41 heavy (non-hydrogen) atoms. The van der Waals surface area contributed by atoms with Gasteiger partial charge in [0.05, 0.1) is 12.3 Å². The molecule has 1 aromatic heterocycles. The first kappa shape index (κ1) is 30.8. The lowest BCUT2D eigenvalue weighted by molar-refractivity contribution is -0.142. The van der Waals surface area contributed by atoms with Gasteiger partial charge < -0.3 is 25.2 Å². The Morgan fingerprint density at radius 2 is 1.66 bits per heavy atom. The lowest BCUT2D eigenvalue weighted by Crippen LogP contribution is -2.54. The van der Waals surface area contributed by atoms with Crippen LogP contribution >= 0.6 is 0 Å². The lowest BCUT2D eigenvalue weighted by atomic mass is 10.2. The minimum absolute atomic E-state index is 0.000550. The van der Waals surface area contributed by atoms with Gasteiger partial charge >= 0.3 is 12.1 Å². The SMILES string of the molecule is C[C@H](C(=O)O)N(NS(=O)(=O)CCNC(=O)OCc1ccccc1)C(=O)c1ccc(OCCNc2ncccn2)cc1. The van der Waals surface area contributed by atoms with Crippen LogP contribution in [0.15, 0.2) is 73.1 Å². The molecule has 2 amide bonds. The van der Waals surface area contributed by atoms with Gasteiger partial charge in [-0.05, 0) is 42.8 Å². The van der Waals surface area contributed by atoms with Crippen LogP contribution in [0.4, 0.5) is 10.7 Å². The number of hydrazine groups is 1. The van der Waals surface area contributed by atoms with Crippen molar-refractivity contribution in [3.05, 3.63) is 84.2 Å². The number of amides is 2. The summed E-state index contributed by atoms with van der Waals surface area (Å²) in [5.74, 6) is -2.09. The Morgan fingerprint density at radius 3 is 2.32 bits per heavy atom. The fourth-order valence-corrected chi connectivity index (χ4v) is 4.22. The van der Waals surface area contributed by atoms with Crippen molar-refractivity contribution in [2.24, 2.45) is 0 Å². The number of ether oxygens (including phenoxy) is 2. The zero-order chi connectivity index (χ0) is 29.7. The van der Waals surface area contributed by atoms with Gasteiger partial charge in [0, 0.05) is 24.5 Å². The molecule has 0 radical (unpaired) electrons. The zero-order valence-corrected chi connectivity index (χ0v) is 22.9. The first-order valence-electron chi connectivity index (χ1n) is 12.4. The molecule has 0 aliphatic rings. The second-order valence-electron chi connectivity index (χ2n) is 8.46. The van der Waals surface area contributed by atoms with Gasteiger partial charge in [-0.2, -0.15) is 0 Å². The first-order chi connectivity index (χ1) is 19.6. The summed E-state index contributed by atoms with van der Waals surface area (Å²) >= 11 is 0. The number of carbonyl (C=O) groups is 3. The van der Waals surface area contributed by atoms with E-state index in [1.54, 1.807) is 42.7 Å². The van der Waals surface area contributed by atoms with Crippen molar-refractivity contribution in [2.45, 2.75) is 19.6 Å². The molecule has 3 rings (SSSR count). The second kappa shape index (κ2) is 15.1. The summed E-state index contributed by atoms with van der Waals surface area (Å²) in [7, 11) is -4.24. The van der Waals surface area contributed by atoms with Gasteiger partial charge in [0.25, 0.3) is 5.91 Å². The Labute approximate surface area is 236 Å². The minimum Gasteiger partial charge on any atom is -0.492 e. The number of anilines is 1. The molecule has 0 bridgehead atoms. The lowest BCUT2D eigenvalue weighted by Gasteiger charge is -2.26. The molecule has 0 unspecified atom stereocenters. The number of aliphatic carboxylic acids is 1. The number of carboxylic acid groups (broad SMARTS) is 1. The molecule has 0 aliphatic heterocycles. The Kier molecular flexibility index (Phi) is 11.4. The predicted octanol–water partition coefficient (Wildman–Crippen LogP) is 1.64. The molecule has 4 N–H and O–H groups in total. The average Bonchev–Trinajstić information content (AvgIpc) is 2.97. The summed E-state index contributed by atoms with van der Waals surface area (Å²) in [6.45, 7) is 1.49. The van der Waals surface area contributed by atoms with Gasteiger partial charge in [-0.15, -0.1) is 4.83 Å². The van der Waals surface area contributed by atoms with E-state index in [1.165, 1.54) is 24.3 Å². The predicted molar refractivity (Wildman–Crippen MR) is 147 cm³/mol. The van der Waals surface area contributed by atoms with Gasteiger partial charge in [-0.1, -0.05) is 30.3 Å². The number of nitrogens with one attached hydrogen (secondary N) is 3. The topological polar surface area (TPSA) is 189 Å². The molecular weight excluding hydrogens is 556 g/mol. The number of rotatable bonds is 15. The zero-order valence-electron chi connectivity index (χ0n) is 22.1. The van der Waals surface area contributed by atoms with Crippen molar-refractivity contribution in [3.8, 4) is 5.75 Å². The highest BCUT2D eigenvalue weighted by Gasteiger charge is 2.30. The summed E-state index contributed by atoms with van der Waals surface area (Å²) in [5.41, 5.74) is 0.773. The Bertz CT molecular complexity index is 1390. The van der Waals surface area contributed by atoms with Crippen LogP contribution < -0.4 is 20.2 Å². The summed E-state index contributed by atoms with van der Waals surface area (Å²) in [4.78, 5) is 46.6. The number of alkyl carbamates (subject to hydrolysis) is 1. The number of carboxylic acids is 1. The fourth-order valence-electron chi connectivity index (χ4n) is 3.22. The van der Waals surface area contributed by atoms with Crippen molar-refractivity contribution >= 4 is 33.9 Å². The Hall–Kier alpha value is -4.76. The molecule has 0 fully saturated rings. The van der Waals surface area contributed by atoms with E-state index in [-0.39, 0.29) is 25.3 Å². The summed E-state index contributed by atoms with van der Waals surface area (Å²) < 4.78 is 35.9. The number of benzene rings is 2. The normalized spacial score (nSPS) is 11.6. The third-order valence-electron chi connectivity index (χ3n) is 5.37. The van der Waals surface area contributed by atoms with Crippen molar-refractivity contribution in [2.75, 3.05) is 30.8 Å². The van der Waals surface area contributed by atoms with E-state index in [2.05, 4.69) is 20.6 Å². The van der Waals surface area contributed by atoms with Crippen LogP contribution in [0.3, 0.4) is 0 Å². The van der Waals surface area contributed by atoms with Gasteiger partial charge in [0.1, 0.15) is 25.0 Å². The molecule has 218 valence electrons. The van der Waals surface area contributed by atoms with Crippen molar-refractivity contribution < 1.29 is 37.4 Å². The maximum absolute atomic E-state index is 13.1. The van der Waals surface area contributed by atoms with Crippen LogP contribution in [-0.4, -0.2) is 78.0 Å². The quantitative estimate of drug-likeness (QED) is 0.150. The summed E-state index contributed by atoms with van der Waals surface area (Å²) in [6.07, 6.45) is 2.37. The minimum atomic E-state index is -4.24. The highest BCUT2D eigenvalue weighted by molar-refractivity contribution is 7.89. The molecule has 14 nitrogen and oxygen atoms in total. The largest absolute Gasteiger partial charge is 0.492 e. The molecule has 0 aliphatic carbocycles. The van der Waals surface area contributed by atoms with Crippen LogP contribution in [0.5, 0.6) is 5.75 Å². The van der Waals surface area contributed by atoms with E-state index in [4.69, 9.17) is 9.47 Å². The first-order valence-corrected chi connectivity index (χ1v) is 14.0. The molecule has 1 heterocycles. The maximum atomic E-state index is 13.1. The standard InChI is InChI=1S/C26H30N6O8S/c1-19(24(34)35)32(31-41(37,38)17-15-30-26(36)40-18-20-6-3-2-4-7-20)23(33)21-8-10-22(11-9-21)39-16-14-29-25-27-12-5-13-28-25/h2-13,19,31H,14-18H2,1H3,(H,30,36)(H,34,35)(H,27,28,29)/t19-/m1/s1. The Balaban J connectivity index is 1.52. The third-order valence-corrected chi connectivity index (χ3v) is 6.59. The van der Waals surface area contributed by atoms with Gasteiger partial charge in [-0.25, -0.2) is 33.0 Å². The van der Waals surface area contributed by atoms with Crippen LogP contribution in [0.1, 0.15) is 22.8 Å². The number of sulfonamides is 1. The Morgan fingerprint density at radius 1 is 0.976 bits per heavy atom. The highest BCUT2D eigenvalue weighted by atomic mass is 32.2. The monoisotopic (exact) mass is 586 g/mol. The van der Waals surface area contributed by atoms with Crippen LogP contribution in [-0.2, 0) is 26.2 Å². The van der Waals surface area contributed by atoms with Gasteiger partial charge in [0.2, 0.25) is 16.0 Å². The number of carbonyl (C=O) groups excluding carboxylic acids is 2. The van der Waals surface area contributed by atoms with E-state index in [9.17, 15) is 27.9 Å². The summed E-state index contributed by atoms with van der Waals surface area (Å²) in [5, 5.41) is 15.2. The van der Waals surface area contributed by atoms with Crippen molar-refractivity contribution in [1.29, 1.82) is 0 Å². The van der Waals surface area contributed by atoms with E-state index < -0.39 is 39.8 Å². The summed E-state index contributed by atoms with van der Waals surface area (Å²) in [6, 6.07) is 14.8. The fraction of sp³-hybridized carbons (Fsp3) is 0.269. The molecule has 0 saturated heterocycles. The molecule has 0 spiro atoms. The molecular formula is C26H30N6O8S. The average molecular weight is 587 g/mol. The second-order valence-corrected chi connectivity index (χ2v) is 10.3. The van der Waals surface area contributed by atoms with E-state index >= 15 is 0 Å². The third kappa shape index (κ3) is 10.4. The number of aromatic nitrogens is 2. The van der Waals surface area contributed by atoms with E-state index in [0.717, 1.165) is 12.5 Å². The van der Waals surface area contributed by atoms with Crippen LogP contribution in [0.25, 0.3) is 0 Å². The molecule has 3 aromatic rings. The van der Waals surface area contributed by atoms with E-state index in [1.807, 2.05) is 10.9 Å². The van der Waals surface area contributed by atoms with Gasteiger partial charge in [-0.3, -0.25) is 4.79 Å². The maximum Gasteiger partial charge on any atom is 0.407 e. The van der Waals surface area contributed by atoms with Crippen LogP contribution in [0.2, 0.25) is 0 Å². The molecule has 2 aromatic carbocycles. The highest BCUT2D eigenvalue weighted by Crippen LogP contribution is 2.15. The van der Waals surface area contributed by atoms with Crippen LogP contribution in [0, 0.1) is 0 Å². The number of nitrogens with zero attached hydrogens (tertiary/aromatic N) is 3. The van der Waals surface area contributed by atoms with Gasteiger partial charge in [0.15, 0.2) is 0 Å². The number of hydrogen-bond donors (Lipinski definition) is 4. The number of hydrogen-bond acceptors (Lipinski definition) is 10. The smallest absolute Gasteiger partial charge is 0.407 e. The van der Waals surface area contributed by atoms with E-state index in [0.29, 0.717) is 23.3 Å².